The lowest BCUT2D eigenvalue weighted by Crippen LogP contribution is -2.05. The van der Waals surface area contributed by atoms with Crippen molar-refractivity contribution >= 4 is 5.97 Å². The van der Waals surface area contributed by atoms with Crippen LogP contribution in [-0.4, -0.2) is 12.6 Å². The molecule has 0 heterocycles. The van der Waals surface area contributed by atoms with Crippen molar-refractivity contribution in [3.05, 3.63) is 36.5 Å². The lowest BCUT2D eigenvalue weighted by Gasteiger charge is -2.06. The summed E-state index contributed by atoms with van der Waals surface area (Å²) < 4.78 is 5.44. The zero-order valence-corrected chi connectivity index (χ0v) is 29.4. The van der Waals surface area contributed by atoms with Crippen LogP contribution in [0.3, 0.4) is 0 Å². The van der Waals surface area contributed by atoms with Crippen molar-refractivity contribution in [3.8, 4) is 0 Å². The minimum absolute atomic E-state index is 0.00614. The van der Waals surface area contributed by atoms with Crippen molar-refractivity contribution in [2.24, 2.45) is 0 Å². The molecule has 0 radical (unpaired) electrons. The van der Waals surface area contributed by atoms with Crippen LogP contribution in [0.15, 0.2) is 36.5 Å². The highest BCUT2D eigenvalue weighted by molar-refractivity contribution is 5.69. The van der Waals surface area contributed by atoms with E-state index in [0.29, 0.717) is 13.0 Å². The van der Waals surface area contributed by atoms with Crippen LogP contribution in [0, 0.1) is 0 Å². The molecular weight excluding hydrogens is 524 g/mol. The van der Waals surface area contributed by atoms with Crippen LogP contribution < -0.4 is 0 Å². The van der Waals surface area contributed by atoms with Crippen LogP contribution in [0.25, 0.3) is 0 Å². The number of hydrogen-bond donors (Lipinski definition) is 0. The number of ether oxygens (including phenoxy) is 1. The van der Waals surface area contributed by atoms with Crippen molar-refractivity contribution in [1.29, 1.82) is 0 Å². The molecular formula is C41H76O2. The summed E-state index contributed by atoms with van der Waals surface area (Å²) in [6.07, 6.45) is 53.6. The van der Waals surface area contributed by atoms with Crippen molar-refractivity contribution in [2.75, 3.05) is 6.61 Å². The van der Waals surface area contributed by atoms with Gasteiger partial charge in [0.2, 0.25) is 0 Å². The van der Waals surface area contributed by atoms with E-state index in [4.69, 9.17) is 4.74 Å². The van der Waals surface area contributed by atoms with Gasteiger partial charge in [-0.3, -0.25) is 4.79 Å². The van der Waals surface area contributed by atoms with Crippen LogP contribution in [0.5, 0.6) is 0 Å². The minimum Gasteiger partial charge on any atom is -0.466 e. The summed E-state index contributed by atoms with van der Waals surface area (Å²) >= 11 is 0. The molecule has 0 amide bonds. The third-order valence-corrected chi connectivity index (χ3v) is 8.59. The molecule has 0 aliphatic carbocycles. The summed E-state index contributed by atoms with van der Waals surface area (Å²) in [5, 5.41) is 0. The van der Waals surface area contributed by atoms with Crippen molar-refractivity contribution in [3.63, 3.8) is 0 Å². The van der Waals surface area contributed by atoms with E-state index in [-0.39, 0.29) is 5.97 Å². The molecule has 0 unspecified atom stereocenters. The van der Waals surface area contributed by atoms with Gasteiger partial charge in [-0.1, -0.05) is 211 Å². The van der Waals surface area contributed by atoms with E-state index in [2.05, 4.69) is 50.3 Å². The third-order valence-electron chi connectivity index (χ3n) is 8.59. The predicted octanol–water partition coefficient (Wildman–Crippen LogP) is 14.3. The lowest BCUT2D eigenvalue weighted by molar-refractivity contribution is -0.143. The second-order valence-electron chi connectivity index (χ2n) is 13.0. The maximum absolute atomic E-state index is 11.9. The van der Waals surface area contributed by atoms with Gasteiger partial charge in [-0.25, -0.2) is 0 Å². The summed E-state index contributed by atoms with van der Waals surface area (Å²) in [4.78, 5) is 11.9. The zero-order chi connectivity index (χ0) is 31.2. The number of carbonyl (C=O) groups excluding carboxylic acids is 1. The number of carbonyl (C=O) groups is 1. The third kappa shape index (κ3) is 38.7. The molecule has 2 heteroatoms. The number of allylic oxidation sites excluding steroid dienone is 6. The number of unbranched alkanes of at least 4 members (excludes halogenated alkanes) is 27. The van der Waals surface area contributed by atoms with Gasteiger partial charge in [0.15, 0.2) is 0 Å². The Morgan fingerprint density at radius 2 is 0.744 bits per heavy atom. The Morgan fingerprint density at radius 3 is 1.19 bits per heavy atom. The number of esters is 1. The second kappa shape index (κ2) is 38.7. The van der Waals surface area contributed by atoms with Gasteiger partial charge in [-0.15, -0.1) is 0 Å². The summed E-state index contributed by atoms with van der Waals surface area (Å²) in [6, 6.07) is 0. The van der Waals surface area contributed by atoms with E-state index in [9.17, 15) is 4.79 Å². The Balaban J connectivity index is 3.22. The molecule has 0 aliphatic rings. The molecule has 0 bridgehead atoms. The van der Waals surface area contributed by atoms with Crippen LogP contribution in [0.2, 0.25) is 0 Å². The van der Waals surface area contributed by atoms with Gasteiger partial charge in [0.1, 0.15) is 0 Å². The quantitative estimate of drug-likeness (QED) is 0.0411. The van der Waals surface area contributed by atoms with Crippen molar-refractivity contribution in [1.82, 2.24) is 0 Å². The SMILES string of the molecule is CCCCC=CC=CC=CCCCCCCCC(=O)OCCCCCCCCCCCCCCCCCCCCCCC. The molecule has 0 atom stereocenters. The van der Waals surface area contributed by atoms with Gasteiger partial charge >= 0.3 is 5.97 Å². The van der Waals surface area contributed by atoms with E-state index in [1.165, 1.54) is 167 Å². The molecule has 2 nitrogen and oxygen atoms in total. The molecule has 0 aliphatic heterocycles. The van der Waals surface area contributed by atoms with Gasteiger partial charge in [-0.2, -0.15) is 0 Å². The maximum atomic E-state index is 11.9. The Kier molecular flexibility index (Phi) is 37.5. The van der Waals surface area contributed by atoms with E-state index in [1.807, 2.05) is 0 Å². The molecule has 0 aromatic carbocycles. The Labute approximate surface area is 271 Å². The molecule has 0 N–H and O–H groups in total. The van der Waals surface area contributed by atoms with Gasteiger partial charge < -0.3 is 4.74 Å². The molecule has 252 valence electrons. The predicted molar refractivity (Wildman–Crippen MR) is 193 cm³/mol. The van der Waals surface area contributed by atoms with Crippen LogP contribution in [0.4, 0.5) is 0 Å². The van der Waals surface area contributed by atoms with E-state index in [0.717, 1.165) is 25.7 Å². The fraction of sp³-hybridized carbons (Fsp3) is 0.829. The Hall–Kier alpha value is -1.31. The maximum Gasteiger partial charge on any atom is 0.305 e. The minimum atomic E-state index is 0.00614. The van der Waals surface area contributed by atoms with Crippen molar-refractivity contribution in [2.45, 2.75) is 213 Å². The standard InChI is InChI=1S/C41H76O2/c1-3-5-7-9-11-13-15-17-19-20-21-22-23-24-26-28-30-32-34-36-38-40-43-41(42)39-37-35-33-31-29-27-25-18-16-14-12-10-8-6-4-2/h10,12,14,16,18,25H,3-9,11,13,15,17,19-24,26-40H2,1-2H3. The summed E-state index contributed by atoms with van der Waals surface area (Å²) in [6.45, 7) is 5.14. The van der Waals surface area contributed by atoms with Gasteiger partial charge in [0, 0.05) is 6.42 Å². The first-order valence-electron chi connectivity index (χ1n) is 19.4. The highest BCUT2D eigenvalue weighted by Crippen LogP contribution is 2.15. The highest BCUT2D eigenvalue weighted by Gasteiger charge is 2.02. The summed E-state index contributed by atoms with van der Waals surface area (Å²) in [5.74, 6) is 0.00614. The van der Waals surface area contributed by atoms with E-state index < -0.39 is 0 Å². The molecule has 0 saturated heterocycles. The molecule has 43 heavy (non-hydrogen) atoms. The molecule has 0 rings (SSSR count). The van der Waals surface area contributed by atoms with Crippen LogP contribution in [-0.2, 0) is 9.53 Å². The largest absolute Gasteiger partial charge is 0.466 e. The average Bonchev–Trinajstić information content (AvgIpc) is 3.01. The van der Waals surface area contributed by atoms with E-state index in [1.54, 1.807) is 0 Å². The Bertz CT molecular complexity index is 617. The van der Waals surface area contributed by atoms with E-state index >= 15 is 0 Å². The smallest absolute Gasteiger partial charge is 0.305 e. The molecule has 0 aromatic heterocycles. The molecule has 0 spiro atoms. The number of rotatable bonds is 35. The average molecular weight is 601 g/mol. The second-order valence-corrected chi connectivity index (χ2v) is 13.0. The van der Waals surface area contributed by atoms with Crippen LogP contribution in [0.1, 0.15) is 213 Å². The van der Waals surface area contributed by atoms with Crippen LogP contribution >= 0.6 is 0 Å². The first kappa shape index (κ1) is 41.7. The van der Waals surface area contributed by atoms with Gasteiger partial charge in [-0.05, 0) is 32.1 Å². The monoisotopic (exact) mass is 601 g/mol. The lowest BCUT2D eigenvalue weighted by atomic mass is 10.0. The fourth-order valence-corrected chi connectivity index (χ4v) is 5.65. The highest BCUT2D eigenvalue weighted by atomic mass is 16.5. The Morgan fingerprint density at radius 1 is 0.395 bits per heavy atom. The van der Waals surface area contributed by atoms with Crippen molar-refractivity contribution < 1.29 is 9.53 Å². The molecule has 0 aromatic rings. The number of hydrogen-bond acceptors (Lipinski definition) is 2. The van der Waals surface area contributed by atoms with Gasteiger partial charge in [0.25, 0.3) is 0 Å². The molecule has 0 saturated carbocycles. The normalized spacial score (nSPS) is 12.0. The first-order valence-corrected chi connectivity index (χ1v) is 19.4. The topological polar surface area (TPSA) is 26.3 Å². The first-order chi connectivity index (χ1) is 21.3. The fourth-order valence-electron chi connectivity index (χ4n) is 5.65. The zero-order valence-electron chi connectivity index (χ0n) is 29.4. The van der Waals surface area contributed by atoms with Gasteiger partial charge in [0.05, 0.1) is 6.61 Å². The summed E-state index contributed by atoms with van der Waals surface area (Å²) in [5.41, 5.74) is 0. The summed E-state index contributed by atoms with van der Waals surface area (Å²) in [7, 11) is 0. The molecule has 0 fully saturated rings.